The molecule has 1 aromatic rings. The molecule has 30 heavy (non-hydrogen) atoms. The molecule has 0 saturated carbocycles. The number of aliphatic carboxylic acids is 1. The van der Waals surface area contributed by atoms with Gasteiger partial charge in [-0.25, -0.2) is 4.79 Å². The Morgan fingerprint density at radius 1 is 1.30 bits per heavy atom. The van der Waals surface area contributed by atoms with Crippen molar-refractivity contribution in [2.24, 2.45) is 13.0 Å². The van der Waals surface area contributed by atoms with Gasteiger partial charge in [-0.3, -0.25) is 14.4 Å². The number of halogens is 3. The summed E-state index contributed by atoms with van der Waals surface area (Å²) in [6.07, 6.45) is 3.41. The summed E-state index contributed by atoms with van der Waals surface area (Å²) < 4.78 is 39.5. The number of likely N-dealkylation sites (tertiary alicyclic amines) is 2. The molecule has 11 heteroatoms. The quantitative estimate of drug-likeness (QED) is 0.782. The predicted octanol–water partition coefficient (Wildman–Crippen LogP) is 1.66. The van der Waals surface area contributed by atoms with Crippen LogP contribution in [-0.2, 0) is 27.9 Å². The third kappa shape index (κ3) is 5.51. The molecule has 0 radical (unpaired) electrons. The number of nitrogens with zero attached hydrogens (tertiary/aromatic N) is 4. The van der Waals surface area contributed by atoms with Crippen molar-refractivity contribution in [1.29, 1.82) is 0 Å². The number of alkyl halides is 3. The number of carbonyl (C=O) groups excluding carboxylic acids is 1. The summed E-state index contributed by atoms with van der Waals surface area (Å²) >= 11 is 0. The Hall–Kier alpha value is -2.14. The zero-order chi connectivity index (χ0) is 21.9. The highest BCUT2D eigenvalue weighted by molar-refractivity contribution is 5.79. The molecule has 0 aliphatic carbocycles. The first-order valence-corrected chi connectivity index (χ1v) is 10.1. The Bertz CT molecular complexity index is 748. The van der Waals surface area contributed by atoms with Crippen molar-refractivity contribution < 1.29 is 32.6 Å². The van der Waals surface area contributed by atoms with Crippen LogP contribution in [0.4, 0.5) is 13.2 Å². The van der Waals surface area contributed by atoms with Gasteiger partial charge in [0.05, 0.1) is 18.2 Å². The summed E-state index contributed by atoms with van der Waals surface area (Å²) in [5.74, 6) is -2.33. The zero-order valence-electron chi connectivity index (χ0n) is 16.8. The number of fused-ring (bicyclic) bond motifs is 1. The van der Waals surface area contributed by atoms with Gasteiger partial charge in [0.1, 0.15) is 0 Å². The molecule has 4 rings (SSSR count). The van der Waals surface area contributed by atoms with Crippen molar-refractivity contribution in [3.05, 3.63) is 18.0 Å². The number of carboxylic acid groups (broad SMARTS) is 1. The lowest BCUT2D eigenvalue weighted by Crippen LogP contribution is -2.52. The number of carboxylic acids is 1. The molecule has 0 unspecified atom stereocenters. The standard InChI is InChI=1S/C17H26N4O2.C2HF3O2/c1-19-10-13(9-18-19)11-21-12-14(8-16-15(21)4-7-23-16)17(22)20-5-2-3-6-20;3-2(4,5)1(6)7/h9-10,14-16H,2-8,11-12H2,1H3;(H,6,7)/t14-,15+,16+;/m0./s1. The van der Waals surface area contributed by atoms with E-state index in [0.717, 1.165) is 58.5 Å². The predicted molar refractivity (Wildman–Crippen MR) is 99.4 cm³/mol. The number of hydrogen-bond donors (Lipinski definition) is 1. The number of aryl methyl sites for hydroxylation is 1. The van der Waals surface area contributed by atoms with Gasteiger partial charge in [0.25, 0.3) is 0 Å². The molecule has 1 amide bonds. The molecule has 3 fully saturated rings. The molecule has 3 aliphatic rings. The van der Waals surface area contributed by atoms with Crippen molar-refractivity contribution in [2.75, 3.05) is 26.2 Å². The monoisotopic (exact) mass is 432 g/mol. The van der Waals surface area contributed by atoms with Crippen molar-refractivity contribution in [3.8, 4) is 0 Å². The number of ether oxygens (including phenoxy) is 1. The molecular formula is C19H27F3N4O4. The molecule has 1 N–H and O–H groups in total. The van der Waals surface area contributed by atoms with Gasteiger partial charge in [0, 0.05) is 57.6 Å². The minimum atomic E-state index is -5.08. The maximum absolute atomic E-state index is 12.8. The van der Waals surface area contributed by atoms with E-state index in [1.54, 1.807) is 0 Å². The van der Waals surface area contributed by atoms with Gasteiger partial charge in [-0.1, -0.05) is 0 Å². The van der Waals surface area contributed by atoms with Gasteiger partial charge >= 0.3 is 12.1 Å². The number of rotatable bonds is 3. The summed E-state index contributed by atoms with van der Waals surface area (Å²) in [4.78, 5) is 26.2. The molecule has 0 bridgehead atoms. The summed E-state index contributed by atoms with van der Waals surface area (Å²) in [7, 11) is 1.95. The smallest absolute Gasteiger partial charge is 0.475 e. The van der Waals surface area contributed by atoms with E-state index in [1.807, 2.05) is 17.9 Å². The van der Waals surface area contributed by atoms with Crippen LogP contribution in [0.2, 0.25) is 0 Å². The maximum atomic E-state index is 12.8. The Labute approximate surface area is 172 Å². The average Bonchev–Trinajstić information content (AvgIpc) is 3.42. The van der Waals surface area contributed by atoms with Crippen LogP contribution in [0, 0.1) is 5.92 Å². The number of piperidine rings is 1. The van der Waals surface area contributed by atoms with Gasteiger partial charge in [0.15, 0.2) is 0 Å². The summed E-state index contributed by atoms with van der Waals surface area (Å²) in [5, 5.41) is 11.4. The zero-order valence-corrected chi connectivity index (χ0v) is 16.8. The van der Waals surface area contributed by atoms with Crippen molar-refractivity contribution >= 4 is 11.9 Å². The fraction of sp³-hybridized carbons (Fsp3) is 0.737. The number of hydrogen-bond acceptors (Lipinski definition) is 5. The van der Waals surface area contributed by atoms with E-state index in [4.69, 9.17) is 14.6 Å². The highest BCUT2D eigenvalue weighted by atomic mass is 19.4. The van der Waals surface area contributed by atoms with E-state index in [-0.39, 0.29) is 12.0 Å². The first-order chi connectivity index (χ1) is 14.1. The van der Waals surface area contributed by atoms with Crippen LogP contribution in [-0.4, -0.2) is 81.1 Å². The molecule has 0 aromatic carbocycles. The second kappa shape index (κ2) is 9.34. The van der Waals surface area contributed by atoms with E-state index in [2.05, 4.69) is 21.1 Å². The van der Waals surface area contributed by atoms with E-state index >= 15 is 0 Å². The van der Waals surface area contributed by atoms with Crippen LogP contribution in [0.5, 0.6) is 0 Å². The summed E-state index contributed by atoms with van der Waals surface area (Å²) in [6.45, 7) is 4.42. The van der Waals surface area contributed by atoms with Crippen molar-refractivity contribution in [2.45, 2.75) is 50.6 Å². The molecule has 168 valence electrons. The first kappa shape index (κ1) is 22.5. The SMILES string of the molecule is Cn1cc(CN2C[C@@H](C(=O)N3CCCC3)C[C@H]3OCC[C@H]32)cn1.O=C(O)C(F)(F)F. The highest BCUT2D eigenvalue weighted by Gasteiger charge is 2.43. The third-order valence-corrected chi connectivity index (χ3v) is 5.77. The van der Waals surface area contributed by atoms with Gasteiger partial charge in [-0.15, -0.1) is 0 Å². The molecule has 3 saturated heterocycles. The van der Waals surface area contributed by atoms with E-state index in [1.165, 1.54) is 5.56 Å². The summed E-state index contributed by atoms with van der Waals surface area (Å²) in [5.41, 5.74) is 1.22. The lowest BCUT2D eigenvalue weighted by atomic mass is 9.89. The Balaban J connectivity index is 0.000000318. The number of aromatic nitrogens is 2. The van der Waals surface area contributed by atoms with E-state index in [0.29, 0.717) is 11.9 Å². The van der Waals surface area contributed by atoms with Crippen LogP contribution in [0.1, 0.15) is 31.2 Å². The Morgan fingerprint density at radius 3 is 2.53 bits per heavy atom. The molecule has 4 heterocycles. The molecular weight excluding hydrogens is 405 g/mol. The summed E-state index contributed by atoms with van der Waals surface area (Å²) in [6, 6.07) is 0.456. The minimum Gasteiger partial charge on any atom is -0.475 e. The van der Waals surface area contributed by atoms with Crippen LogP contribution < -0.4 is 0 Å². The molecule has 0 spiro atoms. The van der Waals surface area contributed by atoms with E-state index < -0.39 is 12.1 Å². The molecule has 3 atom stereocenters. The number of carbonyl (C=O) groups is 2. The van der Waals surface area contributed by atoms with E-state index in [9.17, 15) is 18.0 Å². The highest BCUT2D eigenvalue weighted by Crippen LogP contribution is 2.33. The van der Waals surface area contributed by atoms with Gasteiger partial charge in [-0.2, -0.15) is 18.3 Å². The fourth-order valence-corrected chi connectivity index (χ4v) is 4.40. The maximum Gasteiger partial charge on any atom is 0.490 e. The lowest BCUT2D eigenvalue weighted by Gasteiger charge is -2.41. The van der Waals surface area contributed by atoms with Crippen molar-refractivity contribution in [3.63, 3.8) is 0 Å². The molecule has 1 aromatic heterocycles. The molecule has 3 aliphatic heterocycles. The second-order valence-electron chi connectivity index (χ2n) is 7.98. The van der Waals surface area contributed by atoms with Crippen LogP contribution in [0.15, 0.2) is 12.4 Å². The third-order valence-electron chi connectivity index (χ3n) is 5.77. The normalized spacial score (nSPS) is 26.8. The van der Waals surface area contributed by atoms with Gasteiger partial charge in [0.2, 0.25) is 5.91 Å². The van der Waals surface area contributed by atoms with Gasteiger partial charge < -0.3 is 14.7 Å². The largest absolute Gasteiger partial charge is 0.490 e. The van der Waals surface area contributed by atoms with Crippen molar-refractivity contribution in [1.82, 2.24) is 19.6 Å². The van der Waals surface area contributed by atoms with Crippen LogP contribution in [0.25, 0.3) is 0 Å². The fourth-order valence-electron chi connectivity index (χ4n) is 4.40. The first-order valence-electron chi connectivity index (χ1n) is 10.1. The topological polar surface area (TPSA) is 87.9 Å². The Morgan fingerprint density at radius 2 is 1.97 bits per heavy atom. The van der Waals surface area contributed by atoms with Gasteiger partial charge in [-0.05, 0) is 25.7 Å². The number of amides is 1. The van der Waals surface area contributed by atoms with Crippen LogP contribution in [0.3, 0.4) is 0 Å². The lowest BCUT2D eigenvalue weighted by molar-refractivity contribution is -0.192. The average molecular weight is 432 g/mol. The van der Waals surface area contributed by atoms with Crippen LogP contribution >= 0.6 is 0 Å². The minimum absolute atomic E-state index is 0.0871. The Kier molecular flexibility index (Phi) is 7.02. The molecule has 8 nitrogen and oxygen atoms in total. The second-order valence-corrected chi connectivity index (χ2v) is 7.98.